The van der Waals surface area contributed by atoms with Gasteiger partial charge in [-0.2, -0.15) is 0 Å². The molecule has 0 radical (unpaired) electrons. The molecule has 1 amide bonds. The summed E-state index contributed by atoms with van der Waals surface area (Å²) < 4.78 is 10.1. The topological polar surface area (TPSA) is 102 Å². The summed E-state index contributed by atoms with van der Waals surface area (Å²) in [6.45, 7) is 4.23. The first-order valence-electron chi connectivity index (χ1n) is 10.0. The molecule has 2 rings (SSSR count). The number of nitrogens with one attached hydrogen (secondary N) is 1. The van der Waals surface area contributed by atoms with E-state index < -0.39 is 36.1 Å². The Morgan fingerprint density at radius 2 is 1.58 bits per heavy atom. The van der Waals surface area contributed by atoms with Gasteiger partial charge in [-0.05, 0) is 49.3 Å². The lowest BCUT2D eigenvalue weighted by atomic mass is 9.86. The molecule has 9 heteroatoms. The molecule has 2 atom stereocenters. The number of hydrogen-bond donors (Lipinski definition) is 2. The molecule has 0 aromatic heterocycles. The van der Waals surface area contributed by atoms with Crippen molar-refractivity contribution >= 4 is 41.4 Å². The lowest BCUT2D eigenvalue weighted by Gasteiger charge is -2.27. The number of carbonyl (C=O) groups is 3. The molecule has 2 aromatic carbocycles. The van der Waals surface area contributed by atoms with E-state index in [0.717, 1.165) is 15.9 Å². The fraction of sp³-hybridized carbons (Fsp3) is 0.292. The molecule has 0 aliphatic carbocycles. The summed E-state index contributed by atoms with van der Waals surface area (Å²) in [5.41, 5.74) is -1.49. The molecule has 0 saturated heterocycles. The molecule has 2 unspecified atom stereocenters. The number of aliphatic hydroxyl groups is 1. The number of esters is 1. The predicted molar refractivity (Wildman–Crippen MR) is 130 cm³/mol. The highest BCUT2D eigenvalue weighted by atomic mass is 32.2. The summed E-state index contributed by atoms with van der Waals surface area (Å²) in [5, 5.41) is 13.9. The van der Waals surface area contributed by atoms with Crippen LogP contribution in [0.25, 0.3) is 0 Å². The van der Waals surface area contributed by atoms with Crippen LogP contribution in [0.4, 0.5) is 4.79 Å². The Hall–Kier alpha value is -2.75. The van der Waals surface area contributed by atoms with Gasteiger partial charge in [0.25, 0.3) is 0 Å². The van der Waals surface area contributed by atoms with Crippen LogP contribution in [-0.2, 0) is 19.9 Å². The summed E-state index contributed by atoms with van der Waals surface area (Å²) >= 11 is 3.06. The van der Waals surface area contributed by atoms with E-state index in [9.17, 15) is 19.5 Å². The first-order valence-corrected chi connectivity index (χ1v) is 12.5. The number of thioether (sulfide) groups is 2. The normalized spacial score (nSPS) is 13.3. The van der Waals surface area contributed by atoms with Crippen molar-refractivity contribution in [1.82, 2.24) is 5.32 Å². The van der Waals surface area contributed by atoms with Crippen molar-refractivity contribution in [2.24, 2.45) is 0 Å². The van der Waals surface area contributed by atoms with E-state index in [2.05, 4.69) is 11.9 Å². The molecule has 0 spiro atoms. The van der Waals surface area contributed by atoms with E-state index >= 15 is 0 Å². The highest BCUT2D eigenvalue weighted by Gasteiger charge is 2.40. The third-order valence-electron chi connectivity index (χ3n) is 4.71. The number of amides is 1. The van der Waals surface area contributed by atoms with Gasteiger partial charge in [-0.25, -0.2) is 9.59 Å². The molecular weight excluding hydrogens is 462 g/mol. The summed E-state index contributed by atoms with van der Waals surface area (Å²) in [6.07, 6.45) is 4.00. The van der Waals surface area contributed by atoms with E-state index in [-0.39, 0.29) is 12.2 Å². The van der Waals surface area contributed by atoms with Crippen molar-refractivity contribution < 1.29 is 29.0 Å². The van der Waals surface area contributed by atoms with Gasteiger partial charge in [0.15, 0.2) is 5.60 Å². The number of rotatable bonds is 11. The molecule has 176 valence electrons. The Morgan fingerprint density at radius 3 is 2.09 bits per heavy atom. The van der Waals surface area contributed by atoms with Crippen molar-refractivity contribution in [3.05, 3.63) is 72.3 Å². The molecule has 0 heterocycles. The Morgan fingerprint density at radius 1 is 1.03 bits per heavy atom. The number of ketones is 1. The standard InChI is InChI=1S/C24H27NO6S2/c1-5-21(26)30-14-16(2)25-23(28)31-15-24(29,18-8-12-20(33-4)13-9-18)22(27)17-6-10-19(32-3)11-7-17/h5-13,16,29H,1,14-15H2,2-4H3,(H,25,28). The van der Waals surface area contributed by atoms with Gasteiger partial charge in [0, 0.05) is 21.4 Å². The van der Waals surface area contributed by atoms with Crippen LogP contribution in [0.2, 0.25) is 0 Å². The maximum atomic E-state index is 13.3. The molecule has 7 nitrogen and oxygen atoms in total. The Bertz CT molecular complexity index is 977. The second kappa shape index (κ2) is 12.5. The minimum absolute atomic E-state index is 0.0823. The zero-order valence-electron chi connectivity index (χ0n) is 18.7. The molecule has 33 heavy (non-hydrogen) atoms. The first kappa shape index (κ1) is 26.5. The molecular formula is C24H27NO6S2. The number of benzene rings is 2. The zero-order valence-corrected chi connectivity index (χ0v) is 20.3. The quantitative estimate of drug-likeness (QED) is 0.211. The zero-order chi connectivity index (χ0) is 24.4. The summed E-state index contributed by atoms with van der Waals surface area (Å²) in [4.78, 5) is 38.7. The van der Waals surface area contributed by atoms with Gasteiger partial charge in [0.1, 0.15) is 13.2 Å². The second-order valence-electron chi connectivity index (χ2n) is 7.10. The van der Waals surface area contributed by atoms with E-state index in [1.165, 1.54) is 23.5 Å². The average molecular weight is 490 g/mol. The second-order valence-corrected chi connectivity index (χ2v) is 8.86. The average Bonchev–Trinajstić information content (AvgIpc) is 2.85. The number of carbonyl (C=O) groups excluding carboxylic acids is 3. The van der Waals surface area contributed by atoms with Crippen LogP contribution >= 0.6 is 23.5 Å². The van der Waals surface area contributed by atoms with Crippen molar-refractivity contribution in [2.75, 3.05) is 25.7 Å². The smallest absolute Gasteiger partial charge is 0.407 e. The van der Waals surface area contributed by atoms with Gasteiger partial charge in [0.2, 0.25) is 5.78 Å². The fourth-order valence-electron chi connectivity index (χ4n) is 2.85. The Labute approximate surface area is 201 Å². The predicted octanol–water partition coefficient (Wildman–Crippen LogP) is 4.04. The number of alkyl carbamates (subject to hydrolysis) is 1. The summed E-state index contributed by atoms with van der Waals surface area (Å²) in [7, 11) is 0. The largest absolute Gasteiger partial charge is 0.460 e. The molecule has 0 saturated carbocycles. The first-order chi connectivity index (χ1) is 15.7. The van der Waals surface area contributed by atoms with Crippen LogP contribution in [0, 0.1) is 0 Å². The van der Waals surface area contributed by atoms with Crippen molar-refractivity contribution in [1.29, 1.82) is 0 Å². The van der Waals surface area contributed by atoms with Crippen LogP contribution in [0.1, 0.15) is 22.8 Å². The molecule has 0 fully saturated rings. The monoisotopic (exact) mass is 489 g/mol. The van der Waals surface area contributed by atoms with Crippen LogP contribution < -0.4 is 5.32 Å². The molecule has 2 N–H and O–H groups in total. The Balaban J connectivity index is 2.19. The third kappa shape index (κ3) is 7.38. The van der Waals surface area contributed by atoms with Gasteiger partial charge in [-0.1, -0.05) is 30.8 Å². The lowest BCUT2D eigenvalue weighted by Crippen LogP contribution is -2.44. The van der Waals surface area contributed by atoms with Gasteiger partial charge in [0.05, 0.1) is 6.04 Å². The van der Waals surface area contributed by atoms with Gasteiger partial charge < -0.3 is 19.9 Å². The van der Waals surface area contributed by atoms with Crippen molar-refractivity contribution in [3.8, 4) is 0 Å². The number of Topliss-reactive ketones (excluding diaryl/α,β-unsaturated/α-hetero) is 1. The maximum absolute atomic E-state index is 13.3. The van der Waals surface area contributed by atoms with E-state index in [1.807, 2.05) is 12.5 Å². The maximum Gasteiger partial charge on any atom is 0.407 e. The molecule has 0 bridgehead atoms. The van der Waals surface area contributed by atoms with Crippen LogP contribution in [0.5, 0.6) is 0 Å². The van der Waals surface area contributed by atoms with E-state index in [0.29, 0.717) is 5.56 Å². The van der Waals surface area contributed by atoms with Crippen molar-refractivity contribution in [3.63, 3.8) is 0 Å². The molecule has 2 aromatic rings. The van der Waals surface area contributed by atoms with Gasteiger partial charge in [-0.3, -0.25) is 4.79 Å². The highest BCUT2D eigenvalue weighted by molar-refractivity contribution is 7.98. The van der Waals surface area contributed by atoms with Gasteiger partial charge in [-0.15, -0.1) is 23.5 Å². The van der Waals surface area contributed by atoms with Crippen LogP contribution in [-0.4, -0.2) is 54.7 Å². The van der Waals surface area contributed by atoms with E-state index in [4.69, 9.17) is 9.47 Å². The highest BCUT2D eigenvalue weighted by Crippen LogP contribution is 2.29. The Kier molecular flexibility index (Phi) is 10.0. The SMILES string of the molecule is C=CC(=O)OCC(C)NC(=O)OCC(O)(C(=O)c1ccc(SC)cc1)c1ccc(SC)cc1. The minimum atomic E-state index is -2.09. The van der Waals surface area contributed by atoms with Crippen molar-refractivity contribution in [2.45, 2.75) is 28.4 Å². The number of ether oxygens (including phenoxy) is 2. The molecule has 0 aliphatic rings. The lowest BCUT2D eigenvalue weighted by molar-refractivity contribution is -0.138. The fourth-order valence-corrected chi connectivity index (χ4v) is 3.66. The third-order valence-corrected chi connectivity index (χ3v) is 6.20. The number of hydrogen-bond acceptors (Lipinski definition) is 8. The van der Waals surface area contributed by atoms with E-state index in [1.54, 1.807) is 55.5 Å². The minimum Gasteiger partial charge on any atom is -0.460 e. The van der Waals surface area contributed by atoms with Gasteiger partial charge >= 0.3 is 12.1 Å². The van der Waals surface area contributed by atoms with Crippen LogP contribution in [0.15, 0.2) is 71.0 Å². The summed E-state index contributed by atoms with van der Waals surface area (Å²) in [6, 6.07) is 13.1. The van der Waals surface area contributed by atoms with Crippen LogP contribution in [0.3, 0.4) is 0 Å². The molecule has 0 aliphatic heterocycles. The summed E-state index contributed by atoms with van der Waals surface area (Å²) in [5.74, 6) is -1.20.